The Kier molecular flexibility index (Phi) is 3.11. The molecule has 7 heteroatoms. The van der Waals surface area contributed by atoms with Crippen LogP contribution in [-0.4, -0.2) is 16.0 Å². The first-order chi connectivity index (χ1) is 9.65. The average molecular weight is 289 g/mol. The predicted molar refractivity (Wildman–Crippen MR) is 73.7 cm³/mol. The summed E-state index contributed by atoms with van der Waals surface area (Å²) in [4.78, 5) is 16.5. The second kappa shape index (κ2) is 4.93. The predicted octanol–water partition coefficient (Wildman–Crippen LogP) is 3.26. The van der Waals surface area contributed by atoms with Crippen LogP contribution in [0.2, 0.25) is 0 Å². The van der Waals surface area contributed by atoms with E-state index in [1.54, 1.807) is 19.1 Å². The molecule has 0 radical (unpaired) electrons. The highest BCUT2D eigenvalue weighted by molar-refractivity contribution is 7.13. The minimum atomic E-state index is -0.315. The third-order valence-electron chi connectivity index (χ3n) is 2.68. The third kappa shape index (κ3) is 2.23. The van der Waals surface area contributed by atoms with Crippen molar-refractivity contribution in [3.05, 3.63) is 40.8 Å². The van der Waals surface area contributed by atoms with E-state index in [2.05, 4.69) is 15.5 Å². The van der Waals surface area contributed by atoms with E-state index in [0.717, 1.165) is 5.69 Å². The number of nitrogens with zero attached hydrogens (tertiary/aromatic N) is 2. The molecule has 0 unspecified atom stereocenters. The molecule has 3 aromatic heterocycles. The van der Waals surface area contributed by atoms with Gasteiger partial charge in [-0.05, 0) is 26.0 Å². The number of hydrogen-bond donors (Lipinski definition) is 1. The number of hydrogen-bond acceptors (Lipinski definition) is 6. The zero-order valence-corrected chi connectivity index (χ0v) is 11.7. The fraction of sp³-hybridized carbons (Fsp3) is 0.154. The number of anilines is 1. The van der Waals surface area contributed by atoms with Gasteiger partial charge in [0.1, 0.15) is 11.3 Å². The molecule has 0 saturated carbocycles. The van der Waals surface area contributed by atoms with Gasteiger partial charge in [-0.1, -0.05) is 5.16 Å². The first-order valence-electron chi connectivity index (χ1n) is 5.89. The highest BCUT2D eigenvalue weighted by Gasteiger charge is 2.23. The lowest BCUT2D eigenvalue weighted by atomic mass is 10.1. The van der Waals surface area contributed by atoms with Gasteiger partial charge in [0.05, 0.1) is 12.0 Å². The van der Waals surface area contributed by atoms with Crippen LogP contribution in [0.5, 0.6) is 0 Å². The Morgan fingerprint density at radius 3 is 2.90 bits per heavy atom. The highest BCUT2D eigenvalue weighted by atomic mass is 32.1. The molecule has 6 nitrogen and oxygen atoms in total. The van der Waals surface area contributed by atoms with Crippen molar-refractivity contribution in [1.82, 2.24) is 10.1 Å². The first-order valence-corrected chi connectivity index (χ1v) is 6.76. The summed E-state index contributed by atoms with van der Waals surface area (Å²) in [5, 5.41) is 9.02. The van der Waals surface area contributed by atoms with Gasteiger partial charge in [-0.15, -0.1) is 11.3 Å². The standard InChI is InChI=1S/C13H11N3O3S/c1-7-6-20-13(14-7)15-12(17)10-8(2)19-16-11(10)9-4-3-5-18-9/h3-6H,1-2H3,(H,14,15,17). The van der Waals surface area contributed by atoms with Gasteiger partial charge in [0.2, 0.25) is 0 Å². The fourth-order valence-corrected chi connectivity index (χ4v) is 2.48. The van der Waals surface area contributed by atoms with E-state index in [0.29, 0.717) is 27.9 Å². The quantitative estimate of drug-likeness (QED) is 0.800. The lowest BCUT2D eigenvalue weighted by molar-refractivity contribution is 0.102. The molecular formula is C13H11N3O3S. The Balaban J connectivity index is 1.93. The molecule has 3 aromatic rings. The number of amides is 1. The van der Waals surface area contributed by atoms with E-state index < -0.39 is 0 Å². The van der Waals surface area contributed by atoms with Crippen LogP contribution in [0, 0.1) is 13.8 Å². The molecule has 102 valence electrons. The highest BCUT2D eigenvalue weighted by Crippen LogP contribution is 2.26. The van der Waals surface area contributed by atoms with Gasteiger partial charge in [-0.25, -0.2) is 4.98 Å². The lowest BCUT2D eigenvalue weighted by Gasteiger charge is -2.01. The maximum absolute atomic E-state index is 12.3. The van der Waals surface area contributed by atoms with Crippen LogP contribution in [0.4, 0.5) is 5.13 Å². The van der Waals surface area contributed by atoms with Gasteiger partial charge in [0.15, 0.2) is 16.6 Å². The Hall–Kier alpha value is -2.41. The zero-order valence-electron chi connectivity index (χ0n) is 10.8. The molecule has 0 aliphatic heterocycles. The summed E-state index contributed by atoms with van der Waals surface area (Å²) in [5.74, 6) is 0.606. The number of carbonyl (C=O) groups excluding carboxylic acids is 1. The largest absolute Gasteiger partial charge is 0.463 e. The van der Waals surface area contributed by atoms with Crippen molar-refractivity contribution in [3.8, 4) is 11.5 Å². The van der Waals surface area contributed by atoms with E-state index in [4.69, 9.17) is 8.94 Å². The lowest BCUT2D eigenvalue weighted by Crippen LogP contribution is -2.13. The molecule has 0 saturated heterocycles. The van der Waals surface area contributed by atoms with Crippen LogP contribution in [0.1, 0.15) is 21.8 Å². The Morgan fingerprint density at radius 2 is 2.25 bits per heavy atom. The molecule has 3 rings (SSSR count). The van der Waals surface area contributed by atoms with E-state index >= 15 is 0 Å². The van der Waals surface area contributed by atoms with E-state index in [1.807, 2.05) is 12.3 Å². The number of carbonyl (C=O) groups is 1. The smallest absolute Gasteiger partial charge is 0.263 e. The number of furan rings is 1. The number of thiazole rings is 1. The summed E-state index contributed by atoms with van der Waals surface area (Å²) < 4.78 is 10.4. The number of nitrogens with one attached hydrogen (secondary N) is 1. The SMILES string of the molecule is Cc1csc(NC(=O)c2c(-c3ccco3)noc2C)n1. The summed E-state index contributed by atoms with van der Waals surface area (Å²) in [5.41, 5.74) is 1.60. The average Bonchev–Trinajstić information content (AvgIpc) is 3.10. The van der Waals surface area contributed by atoms with E-state index in [-0.39, 0.29) is 5.91 Å². The van der Waals surface area contributed by atoms with Crippen molar-refractivity contribution in [2.45, 2.75) is 13.8 Å². The summed E-state index contributed by atoms with van der Waals surface area (Å²) in [6.45, 7) is 3.55. The molecule has 1 amide bonds. The second-order valence-corrected chi connectivity index (χ2v) is 5.05. The second-order valence-electron chi connectivity index (χ2n) is 4.19. The van der Waals surface area contributed by atoms with Gasteiger partial charge < -0.3 is 8.94 Å². The van der Waals surface area contributed by atoms with Crippen LogP contribution >= 0.6 is 11.3 Å². The molecule has 20 heavy (non-hydrogen) atoms. The van der Waals surface area contributed by atoms with Crippen LogP contribution in [0.15, 0.2) is 32.7 Å². The number of rotatable bonds is 3. The molecule has 0 spiro atoms. The molecule has 0 atom stereocenters. The maximum Gasteiger partial charge on any atom is 0.263 e. The fourth-order valence-electron chi connectivity index (χ4n) is 1.79. The summed E-state index contributed by atoms with van der Waals surface area (Å²) in [6, 6.07) is 3.45. The monoisotopic (exact) mass is 289 g/mol. The summed E-state index contributed by atoms with van der Waals surface area (Å²) in [7, 11) is 0. The maximum atomic E-state index is 12.3. The third-order valence-corrected chi connectivity index (χ3v) is 3.56. The van der Waals surface area contributed by atoms with Gasteiger partial charge in [-0.3, -0.25) is 10.1 Å². The molecule has 0 fully saturated rings. The Labute approximate surface area is 118 Å². The molecule has 0 bridgehead atoms. The normalized spacial score (nSPS) is 10.7. The Bertz CT molecular complexity index is 743. The molecule has 0 aliphatic carbocycles. The topological polar surface area (TPSA) is 81.2 Å². The molecule has 1 N–H and O–H groups in total. The first kappa shape index (κ1) is 12.6. The van der Waals surface area contributed by atoms with E-state index in [9.17, 15) is 4.79 Å². The van der Waals surface area contributed by atoms with Crippen LogP contribution in [-0.2, 0) is 0 Å². The Morgan fingerprint density at radius 1 is 1.40 bits per heavy atom. The van der Waals surface area contributed by atoms with Gasteiger partial charge in [0, 0.05) is 5.38 Å². The van der Waals surface area contributed by atoms with Crippen molar-refractivity contribution < 1.29 is 13.7 Å². The van der Waals surface area contributed by atoms with Crippen molar-refractivity contribution in [3.63, 3.8) is 0 Å². The number of aryl methyl sites for hydroxylation is 2. The van der Waals surface area contributed by atoms with E-state index in [1.165, 1.54) is 17.6 Å². The van der Waals surface area contributed by atoms with Crippen LogP contribution in [0.3, 0.4) is 0 Å². The number of aromatic nitrogens is 2. The van der Waals surface area contributed by atoms with Crippen molar-refractivity contribution in [1.29, 1.82) is 0 Å². The van der Waals surface area contributed by atoms with Crippen molar-refractivity contribution in [2.75, 3.05) is 5.32 Å². The van der Waals surface area contributed by atoms with Gasteiger partial charge in [0.25, 0.3) is 5.91 Å². The summed E-state index contributed by atoms with van der Waals surface area (Å²) in [6.07, 6.45) is 1.52. The van der Waals surface area contributed by atoms with Crippen LogP contribution in [0.25, 0.3) is 11.5 Å². The molecule has 0 aliphatic rings. The van der Waals surface area contributed by atoms with Gasteiger partial charge in [-0.2, -0.15) is 0 Å². The van der Waals surface area contributed by atoms with Gasteiger partial charge >= 0.3 is 0 Å². The minimum absolute atomic E-state index is 0.315. The zero-order chi connectivity index (χ0) is 14.1. The molecular weight excluding hydrogens is 278 g/mol. The summed E-state index contributed by atoms with van der Waals surface area (Å²) >= 11 is 1.37. The van der Waals surface area contributed by atoms with Crippen molar-refractivity contribution in [2.24, 2.45) is 0 Å². The minimum Gasteiger partial charge on any atom is -0.463 e. The van der Waals surface area contributed by atoms with Crippen molar-refractivity contribution >= 4 is 22.4 Å². The molecule has 0 aromatic carbocycles. The van der Waals surface area contributed by atoms with Crippen LogP contribution < -0.4 is 5.32 Å². The molecule has 3 heterocycles.